The van der Waals surface area contributed by atoms with Gasteiger partial charge in [-0.05, 0) is 53.5 Å². The van der Waals surface area contributed by atoms with Crippen molar-refractivity contribution in [2.75, 3.05) is 0 Å². The molecule has 0 saturated carbocycles. The Kier molecular flexibility index (Phi) is 7.84. The van der Waals surface area contributed by atoms with Gasteiger partial charge in [-0.3, -0.25) is 0 Å². The van der Waals surface area contributed by atoms with Crippen LogP contribution in [0.2, 0.25) is 16.6 Å². The fraction of sp³-hybridized carbons (Fsp3) is 0.818. The SMILES string of the molecule is CCCCCC1(C)C=CC(O[Si](C(C)C)(C(C)C)C(C)C)=C(C)C1. The molecule has 24 heavy (non-hydrogen) atoms. The van der Waals surface area contributed by atoms with Crippen molar-refractivity contribution in [1.82, 2.24) is 0 Å². The highest BCUT2D eigenvalue weighted by molar-refractivity contribution is 6.77. The molecule has 1 nitrogen and oxygen atoms in total. The molecule has 1 rings (SSSR count). The summed E-state index contributed by atoms with van der Waals surface area (Å²) in [5.74, 6) is 1.19. The Morgan fingerprint density at radius 3 is 2.00 bits per heavy atom. The predicted octanol–water partition coefficient (Wildman–Crippen LogP) is 8.00. The zero-order valence-electron chi connectivity index (χ0n) is 17.8. The van der Waals surface area contributed by atoms with Gasteiger partial charge in [-0.1, -0.05) is 80.7 Å². The van der Waals surface area contributed by atoms with Crippen LogP contribution in [0.15, 0.2) is 23.5 Å². The van der Waals surface area contributed by atoms with Gasteiger partial charge in [0.25, 0.3) is 8.32 Å². The topological polar surface area (TPSA) is 9.23 Å². The monoisotopic (exact) mass is 350 g/mol. The van der Waals surface area contributed by atoms with E-state index in [1.165, 1.54) is 37.0 Å². The van der Waals surface area contributed by atoms with Crippen molar-refractivity contribution >= 4 is 8.32 Å². The second kappa shape index (κ2) is 8.74. The number of allylic oxidation sites excluding steroid dienone is 3. The molecule has 0 N–H and O–H groups in total. The van der Waals surface area contributed by atoms with Crippen LogP contribution in [-0.2, 0) is 4.43 Å². The Labute approximate surface area is 153 Å². The van der Waals surface area contributed by atoms with Gasteiger partial charge in [-0.25, -0.2) is 0 Å². The summed E-state index contributed by atoms with van der Waals surface area (Å²) in [4.78, 5) is 0. The van der Waals surface area contributed by atoms with Crippen LogP contribution in [0, 0.1) is 5.41 Å². The summed E-state index contributed by atoms with van der Waals surface area (Å²) in [5.41, 5.74) is 3.66. The van der Waals surface area contributed by atoms with Gasteiger partial charge in [0, 0.05) is 0 Å². The Hall–Kier alpha value is -0.503. The maximum absolute atomic E-state index is 6.93. The molecule has 1 unspecified atom stereocenters. The lowest BCUT2D eigenvalue weighted by atomic mass is 9.76. The first-order valence-corrected chi connectivity index (χ1v) is 12.3. The van der Waals surface area contributed by atoms with Crippen LogP contribution in [0.4, 0.5) is 0 Å². The molecule has 0 radical (unpaired) electrons. The molecule has 1 atom stereocenters. The molecule has 140 valence electrons. The number of hydrogen-bond donors (Lipinski definition) is 0. The lowest BCUT2D eigenvalue weighted by Crippen LogP contribution is -2.47. The van der Waals surface area contributed by atoms with E-state index in [2.05, 4.69) is 74.5 Å². The van der Waals surface area contributed by atoms with Crippen LogP contribution in [0.3, 0.4) is 0 Å². The highest BCUT2D eigenvalue weighted by Crippen LogP contribution is 2.46. The average molecular weight is 351 g/mol. The van der Waals surface area contributed by atoms with Crippen molar-refractivity contribution in [2.45, 2.75) is 111 Å². The van der Waals surface area contributed by atoms with Crippen LogP contribution < -0.4 is 0 Å². The van der Waals surface area contributed by atoms with E-state index in [9.17, 15) is 0 Å². The van der Waals surface area contributed by atoms with E-state index in [0.29, 0.717) is 22.0 Å². The fourth-order valence-corrected chi connectivity index (χ4v) is 10.1. The third-order valence-electron chi connectivity index (χ3n) is 6.07. The van der Waals surface area contributed by atoms with Crippen molar-refractivity contribution in [2.24, 2.45) is 5.41 Å². The molecule has 0 amide bonds. The molecule has 1 aliphatic rings. The minimum Gasteiger partial charge on any atom is -0.543 e. The maximum atomic E-state index is 6.93. The number of unbranched alkanes of at least 4 members (excludes halogenated alkanes) is 2. The zero-order chi connectivity index (χ0) is 18.5. The summed E-state index contributed by atoms with van der Waals surface area (Å²) in [7, 11) is -1.84. The van der Waals surface area contributed by atoms with Gasteiger partial charge in [0.05, 0.1) is 0 Å². The van der Waals surface area contributed by atoms with Crippen molar-refractivity contribution in [3.8, 4) is 0 Å². The molecular weight excluding hydrogens is 308 g/mol. The summed E-state index contributed by atoms with van der Waals surface area (Å²) in [6.45, 7) is 21.2. The summed E-state index contributed by atoms with van der Waals surface area (Å²) in [6, 6.07) is 0. The van der Waals surface area contributed by atoms with Crippen molar-refractivity contribution < 1.29 is 4.43 Å². The van der Waals surface area contributed by atoms with E-state index >= 15 is 0 Å². The molecule has 0 heterocycles. The van der Waals surface area contributed by atoms with Crippen LogP contribution in [0.5, 0.6) is 0 Å². The van der Waals surface area contributed by atoms with E-state index in [4.69, 9.17) is 4.43 Å². The van der Waals surface area contributed by atoms with Crippen LogP contribution >= 0.6 is 0 Å². The lowest BCUT2D eigenvalue weighted by molar-refractivity contribution is 0.330. The Bertz CT molecular complexity index is 437. The smallest absolute Gasteiger partial charge is 0.258 e. The molecule has 0 fully saturated rings. The van der Waals surface area contributed by atoms with Gasteiger partial charge in [0.2, 0.25) is 0 Å². The van der Waals surface area contributed by atoms with Gasteiger partial charge < -0.3 is 4.43 Å². The molecule has 1 aliphatic carbocycles. The highest BCUT2D eigenvalue weighted by atomic mass is 28.4. The number of rotatable bonds is 9. The first-order valence-electron chi connectivity index (χ1n) is 10.2. The zero-order valence-corrected chi connectivity index (χ0v) is 18.8. The minimum absolute atomic E-state index is 0.323. The minimum atomic E-state index is -1.84. The third-order valence-corrected chi connectivity index (χ3v) is 12.1. The molecule has 0 spiro atoms. The Balaban J connectivity index is 2.97. The van der Waals surface area contributed by atoms with Crippen molar-refractivity contribution in [3.63, 3.8) is 0 Å². The van der Waals surface area contributed by atoms with Gasteiger partial charge >= 0.3 is 0 Å². The van der Waals surface area contributed by atoms with Gasteiger partial charge in [-0.2, -0.15) is 0 Å². The fourth-order valence-electron chi connectivity index (χ4n) is 4.79. The van der Waals surface area contributed by atoms with Crippen molar-refractivity contribution in [1.29, 1.82) is 0 Å². The standard InChI is InChI=1S/C22H42OSi/c1-10-11-12-14-22(9)15-13-21(20(8)16-22)23-24(17(2)3,18(4)5)19(6)7/h13,15,17-19H,10-12,14,16H2,1-9H3. The third kappa shape index (κ3) is 4.77. The summed E-state index contributed by atoms with van der Waals surface area (Å²) >= 11 is 0. The second-order valence-corrected chi connectivity index (χ2v) is 14.6. The van der Waals surface area contributed by atoms with Crippen molar-refractivity contribution in [3.05, 3.63) is 23.5 Å². The lowest BCUT2D eigenvalue weighted by Gasteiger charge is -2.44. The molecule has 0 aromatic rings. The van der Waals surface area contributed by atoms with E-state index in [-0.39, 0.29) is 0 Å². The first-order chi connectivity index (χ1) is 11.1. The van der Waals surface area contributed by atoms with E-state index in [1.807, 2.05) is 0 Å². The van der Waals surface area contributed by atoms with E-state index < -0.39 is 8.32 Å². The molecule has 0 aromatic carbocycles. The Morgan fingerprint density at radius 2 is 1.58 bits per heavy atom. The van der Waals surface area contributed by atoms with Crippen LogP contribution in [0.1, 0.15) is 94.4 Å². The maximum Gasteiger partial charge on any atom is 0.258 e. The molecule has 0 aliphatic heterocycles. The molecule has 0 bridgehead atoms. The largest absolute Gasteiger partial charge is 0.543 e. The normalized spacial score (nSPS) is 22.2. The predicted molar refractivity (Wildman–Crippen MR) is 111 cm³/mol. The van der Waals surface area contributed by atoms with E-state index in [0.717, 1.165) is 6.42 Å². The molecule has 2 heteroatoms. The summed E-state index contributed by atoms with van der Waals surface area (Å²) in [5, 5.41) is 0. The summed E-state index contributed by atoms with van der Waals surface area (Å²) in [6.07, 6.45) is 11.2. The highest BCUT2D eigenvalue weighted by Gasteiger charge is 2.47. The van der Waals surface area contributed by atoms with Gasteiger partial charge in [0.15, 0.2) is 0 Å². The number of hydrogen-bond acceptors (Lipinski definition) is 1. The van der Waals surface area contributed by atoms with Gasteiger partial charge in [0.1, 0.15) is 5.76 Å². The molecule has 0 aromatic heterocycles. The molecule has 0 saturated heterocycles. The van der Waals surface area contributed by atoms with Gasteiger partial charge in [-0.15, -0.1) is 0 Å². The first kappa shape index (κ1) is 21.5. The molecular formula is C22H42OSi. The quantitative estimate of drug-likeness (QED) is 0.302. The van der Waals surface area contributed by atoms with Crippen LogP contribution in [-0.4, -0.2) is 8.32 Å². The van der Waals surface area contributed by atoms with Crippen LogP contribution in [0.25, 0.3) is 0 Å². The second-order valence-electron chi connectivity index (χ2n) is 9.19. The Morgan fingerprint density at radius 1 is 1.04 bits per heavy atom. The van der Waals surface area contributed by atoms with E-state index in [1.54, 1.807) is 0 Å². The summed E-state index contributed by atoms with van der Waals surface area (Å²) < 4.78 is 6.93. The average Bonchev–Trinajstić information content (AvgIpc) is 2.45.